The van der Waals surface area contributed by atoms with Gasteiger partial charge in [-0.05, 0) is 39.9 Å². The molecule has 3 rings (SSSR count). The van der Waals surface area contributed by atoms with Gasteiger partial charge in [0.15, 0.2) is 0 Å². The van der Waals surface area contributed by atoms with Crippen LogP contribution < -0.4 is 20.9 Å². The van der Waals surface area contributed by atoms with Gasteiger partial charge in [0.2, 0.25) is 0 Å². The van der Waals surface area contributed by atoms with Gasteiger partial charge in [0.05, 0.1) is 11.0 Å². The highest BCUT2D eigenvalue weighted by Gasteiger charge is 2.32. The maximum Gasteiger partial charge on any atom is 0.118 e. The summed E-state index contributed by atoms with van der Waals surface area (Å²) in [7, 11) is -1.79. The molecule has 1 aliphatic rings. The van der Waals surface area contributed by atoms with Gasteiger partial charge < -0.3 is 5.11 Å². The molecule has 0 radical (unpaired) electrons. The molecule has 1 N–H and O–H groups in total. The van der Waals surface area contributed by atoms with E-state index in [0.29, 0.717) is 5.75 Å². The predicted molar refractivity (Wildman–Crippen MR) is 77.3 cm³/mol. The molecule has 0 aliphatic carbocycles. The van der Waals surface area contributed by atoms with Crippen molar-refractivity contribution in [3.8, 4) is 5.75 Å². The predicted octanol–water partition coefficient (Wildman–Crippen LogP) is 0.890. The standard InChI is InChI=1S/C15H15NOSi/c1-10-4-6-12-14(8-10)18(2,3)15-9-11(17)5-7-13(15)16-12/h4-9,17H,1H2,2-3H3. The normalized spacial score (nSPS) is 15.4. The van der Waals surface area contributed by atoms with Gasteiger partial charge in [-0.3, -0.25) is 0 Å². The number of hydrogen-bond donors (Lipinski definition) is 1. The second-order valence-electron chi connectivity index (χ2n) is 5.29. The van der Waals surface area contributed by atoms with Crippen LogP contribution >= 0.6 is 0 Å². The van der Waals surface area contributed by atoms with Gasteiger partial charge in [-0.25, -0.2) is 4.99 Å². The zero-order valence-corrected chi connectivity index (χ0v) is 11.6. The molecule has 2 nitrogen and oxygen atoms in total. The molecule has 0 unspecified atom stereocenters. The summed E-state index contributed by atoms with van der Waals surface area (Å²) in [6.45, 7) is 8.58. The molecule has 18 heavy (non-hydrogen) atoms. The van der Waals surface area contributed by atoms with Crippen LogP contribution in [0.25, 0.3) is 6.58 Å². The summed E-state index contributed by atoms with van der Waals surface area (Å²) in [6.07, 6.45) is 0. The van der Waals surface area contributed by atoms with Gasteiger partial charge in [-0.15, -0.1) is 0 Å². The van der Waals surface area contributed by atoms with E-state index in [-0.39, 0.29) is 0 Å². The summed E-state index contributed by atoms with van der Waals surface area (Å²) in [4.78, 5) is 4.68. The number of fused-ring (bicyclic) bond motifs is 2. The monoisotopic (exact) mass is 253 g/mol. The number of nitrogens with zero attached hydrogens (tertiary/aromatic N) is 1. The highest BCUT2D eigenvalue weighted by atomic mass is 28.3. The molecular weight excluding hydrogens is 238 g/mol. The third-order valence-electron chi connectivity index (χ3n) is 3.63. The highest BCUT2D eigenvalue weighted by Crippen LogP contribution is 2.20. The number of rotatable bonds is 0. The molecule has 90 valence electrons. The first-order chi connectivity index (χ1) is 8.48. The summed E-state index contributed by atoms with van der Waals surface area (Å²) in [6, 6.07) is 11.6. The average molecular weight is 253 g/mol. The Kier molecular flexibility index (Phi) is 2.22. The minimum absolute atomic E-state index is 0.318. The molecule has 1 aliphatic heterocycles. The topological polar surface area (TPSA) is 32.6 Å². The molecule has 0 aromatic heterocycles. The maximum absolute atomic E-state index is 9.69. The van der Waals surface area contributed by atoms with Crippen LogP contribution in [0.2, 0.25) is 13.1 Å². The highest BCUT2D eigenvalue weighted by molar-refractivity contribution is 7.01. The van der Waals surface area contributed by atoms with Crippen molar-refractivity contribution in [1.82, 2.24) is 0 Å². The molecule has 0 spiro atoms. The zero-order valence-electron chi connectivity index (χ0n) is 10.6. The number of phenols is 1. The van der Waals surface area contributed by atoms with Crippen LogP contribution in [-0.4, -0.2) is 13.2 Å². The molecule has 0 fully saturated rings. The fraction of sp³-hybridized carbons (Fsp3) is 0.133. The summed E-state index contributed by atoms with van der Waals surface area (Å²) in [5, 5.41) is 14.3. The largest absolute Gasteiger partial charge is 0.508 e. The van der Waals surface area contributed by atoms with E-state index in [2.05, 4.69) is 30.7 Å². The fourth-order valence-corrected chi connectivity index (χ4v) is 5.48. The van der Waals surface area contributed by atoms with Gasteiger partial charge in [-0.2, -0.15) is 0 Å². The van der Waals surface area contributed by atoms with E-state index in [9.17, 15) is 5.11 Å². The first kappa shape index (κ1) is 11.2. The van der Waals surface area contributed by atoms with Gasteiger partial charge >= 0.3 is 0 Å². The van der Waals surface area contributed by atoms with Crippen molar-refractivity contribution in [2.24, 2.45) is 4.99 Å². The van der Waals surface area contributed by atoms with Crippen LogP contribution in [0.5, 0.6) is 5.75 Å². The Hall–Kier alpha value is -1.87. The molecule has 0 amide bonds. The fourth-order valence-electron chi connectivity index (χ4n) is 2.58. The minimum Gasteiger partial charge on any atom is -0.508 e. The first-order valence-electron chi connectivity index (χ1n) is 6.00. The lowest BCUT2D eigenvalue weighted by molar-refractivity contribution is 0.476. The summed E-state index contributed by atoms with van der Waals surface area (Å²) < 4.78 is 0. The Labute approximate surface area is 107 Å². The molecule has 0 saturated heterocycles. The second kappa shape index (κ2) is 3.56. The number of aromatic hydroxyl groups is 1. The summed E-state index contributed by atoms with van der Waals surface area (Å²) in [5.41, 5.74) is 0.994. The SMILES string of the molecule is C=c1ccc2c(c1)[Si](C)(C)c1cc(O)ccc1N=2. The van der Waals surface area contributed by atoms with Gasteiger partial charge in [-0.1, -0.05) is 31.8 Å². The molecular formula is C15H15NOSi. The second-order valence-corrected chi connectivity index (χ2v) is 9.62. The van der Waals surface area contributed by atoms with E-state index in [1.807, 2.05) is 24.3 Å². The first-order valence-corrected chi connectivity index (χ1v) is 9.00. The van der Waals surface area contributed by atoms with Crippen molar-refractivity contribution in [1.29, 1.82) is 0 Å². The van der Waals surface area contributed by atoms with Crippen LogP contribution in [0.1, 0.15) is 0 Å². The Balaban J connectivity index is 2.44. The lowest BCUT2D eigenvalue weighted by Gasteiger charge is -2.28. The van der Waals surface area contributed by atoms with Crippen LogP contribution in [0.15, 0.2) is 41.4 Å². The van der Waals surface area contributed by atoms with Gasteiger partial charge in [0.25, 0.3) is 0 Å². The average Bonchev–Trinajstić information content (AvgIpc) is 2.32. The van der Waals surface area contributed by atoms with Gasteiger partial charge in [0, 0.05) is 0 Å². The quantitative estimate of drug-likeness (QED) is 0.695. The van der Waals surface area contributed by atoms with Crippen molar-refractivity contribution >= 4 is 30.7 Å². The Bertz CT molecular complexity index is 750. The number of benzene rings is 2. The van der Waals surface area contributed by atoms with E-state index >= 15 is 0 Å². The van der Waals surface area contributed by atoms with Crippen molar-refractivity contribution < 1.29 is 5.11 Å². The molecule has 0 saturated carbocycles. The van der Waals surface area contributed by atoms with Crippen LogP contribution in [0, 0.1) is 0 Å². The Morgan fingerprint density at radius 2 is 1.83 bits per heavy atom. The maximum atomic E-state index is 9.69. The Morgan fingerprint density at radius 3 is 2.61 bits per heavy atom. The van der Waals surface area contributed by atoms with Crippen molar-refractivity contribution in [3.63, 3.8) is 0 Å². The van der Waals surface area contributed by atoms with Crippen LogP contribution in [0.4, 0.5) is 5.69 Å². The molecule has 1 heterocycles. The van der Waals surface area contributed by atoms with Crippen LogP contribution in [-0.2, 0) is 0 Å². The molecule has 2 aromatic rings. The number of hydrogen-bond acceptors (Lipinski definition) is 2. The lowest BCUT2D eigenvalue weighted by Crippen LogP contribution is -2.61. The molecule has 0 atom stereocenters. The molecule has 3 heteroatoms. The van der Waals surface area contributed by atoms with E-state index in [0.717, 1.165) is 16.3 Å². The molecule has 0 bridgehead atoms. The lowest BCUT2D eigenvalue weighted by atomic mass is 10.2. The smallest absolute Gasteiger partial charge is 0.118 e. The number of phenolic OH excluding ortho intramolecular Hbond substituents is 1. The third kappa shape index (κ3) is 1.51. The van der Waals surface area contributed by atoms with Crippen LogP contribution in [0.3, 0.4) is 0 Å². The summed E-state index contributed by atoms with van der Waals surface area (Å²) >= 11 is 0. The van der Waals surface area contributed by atoms with E-state index in [4.69, 9.17) is 0 Å². The van der Waals surface area contributed by atoms with Crippen molar-refractivity contribution in [2.45, 2.75) is 13.1 Å². The van der Waals surface area contributed by atoms with E-state index in [1.165, 1.54) is 10.4 Å². The van der Waals surface area contributed by atoms with Gasteiger partial charge in [0.1, 0.15) is 13.8 Å². The Morgan fingerprint density at radius 1 is 1.06 bits per heavy atom. The minimum atomic E-state index is -1.79. The summed E-state index contributed by atoms with van der Waals surface area (Å²) in [5.74, 6) is 0.318. The van der Waals surface area contributed by atoms with Crippen molar-refractivity contribution in [3.05, 3.63) is 47.0 Å². The zero-order chi connectivity index (χ0) is 12.9. The van der Waals surface area contributed by atoms with E-state index in [1.54, 1.807) is 6.07 Å². The third-order valence-corrected chi connectivity index (χ3v) is 7.12. The van der Waals surface area contributed by atoms with E-state index < -0.39 is 8.07 Å². The molecule has 2 aromatic carbocycles. The van der Waals surface area contributed by atoms with Crippen molar-refractivity contribution in [2.75, 3.05) is 0 Å².